The molecule has 4 aliphatic carbocycles. The number of carbonyl (C=O) groups excluding carboxylic acids is 1. The normalized spacial score (nSPS) is 37.1. The summed E-state index contributed by atoms with van der Waals surface area (Å²) >= 11 is 0. The SMILES string of the molecule is CC(C)OP(=O)(O)OCC(CO)NC(=O)[C@]12CC3CC(C[C@H](C3)C1)C2. The number of aliphatic hydroxyl groups is 1. The van der Waals surface area contributed by atoms with Gasteiger partial charge in [0.25, 0.3) is 0 Å². The lowest BCUT2D eigenvalue weighted by Crippen LogP contribution is -2.56. The molecule has 8 heteroatoms. The van der Waals surface area contributed by atoms with Crippen LogP contribution in [-0.4, -0.2) is 41.3 Å². The number of amides is 1. The number of rotatable bonds is 8. The van der Waals surface area contributed by atoms with Gasteiger partial charge in [0.2, 0.25) is 5.91 Å². The van der Waals surface area contributed by atoms with Crippen LogP contribution < -0.4 is 5.32 Å². The van der Waals surface area contributed by atoms with E-state index in [-0.39, 0.29) is 24.5 Å². The number of aliphatic hydroxyl groups excluding tert-OH is 1. The van der Waals surface area contributed by atoms with E-state index in [9.17, 15) is 19.4 Å². The lowest BCUT2D eigenvalue weighted by molar-refractivity contribution is -0.147. The highest BCUT2D eigenvalue weighted by atomic mass is 31.2. The zero-order valence-corrected chi connectivity index (χ0v) is 15.9. The van der Waals surface area contributed by atoms with Crippen LogP contribution in [0.2, 0.25) is 0 Å². The summed E-state index contributed by atoms with van der Waals surface area (Å²) in [6, 6.07) is -0.711. The molecular weight excluding hydrogens is 345 g/mol. The van der Waals surface area contributed by atoms with Gasteiger partial charge in [-0.1, -0.05) is 0 Å². The summed E-state index contributed by atoms with van der Waals surface area (Å²) in [6.07, 6.45) is 6.08. The molecule has 0 aromatic carbocycles. The van der Waals surface area contributed by atoms with Crippen molar-refractivity contribution in [3.63, 3.8) is 0 Å². The Morgan fingerprint density at radius 2 is 1.72 bits per heavy atom. The molecule has 0 radical (unpaired) electrons. The second-order valence-electron chi connectivity index (χ2n) is 8.47. The van der Waals surface area contributed by atoms with Crippen LogP contribution in [0.1, 0.15) is 52.4 Å². The summed E-state index contributed by atoms with van der Waals surface area (Å²) in [6.45, 7) is 2.66. The first-order valence-electron chi connectivity index (χ1n) is 9.29. The molecule has 7 nitrogen and oxygen atoms in total. The van der Waals surface area contributed by atoms with Crippen LogP contribution in [0.5, 0.6) is 0 Å². The van der Waals surface area contributed by atoms with Crippen LogP contribution in [0, 0.1) is 23.2 Å². The molecule has 0 aromatic heterocycles. The summed E-state index contributed by atoms with van der Waals surface area (Å²) in [5.74, 6) is 1.92. The minimum absolute atomic E-state index is 0.0354. The second kappa shape index (κ2) is 7.28. The topological polar surface area (TPSA) is 105 Å². The number of nitrogens with one attached hydrogen (secondary N) is 1. The lowest BCUT2D eigenvalue weighted by atomic mass is 9.49. The van der Waals surface area contributed by atoms with Crippen molar-refractivity contribution in [2.45, 2.75) is 64.5 Å². The third-order valence-electron chi connectivity index (χ3n) is 5.86. The predicted molar refractivity (Wildman–Crippen MR) is 91.6 cm³/mol. The first-order valence-corrected chi connectivity index (χ1v) is 10.8. The van der Waals surface area contributed by atoms with Gasteiger partial charge in [-0.15, -0.1) is 0 Å². The van der Waals surface area contributed by atoms with E-state index in [0.717, 1.165) is 19.3 Å². The van der Waals surface area contributed by atoms with Gasteiger partial charge in [0.15, 0.2) is 0 Å². The maximum atomic E-state index is 12.9. The molecule has 3 N–H and O–H groups in total. The molecular formula is C17H30NO6P. The number of hydrogen-bond donors (Lipinski definition) is 3. The van der Waals surface area contributed by atoms with Crippen molar-refractivity contribution in [3.8, 4) is 0 Å². The van der Waals surface area contributed by atoms with E-state index in [1.54, 1.807) is 13.8 Å². The molecule has 0 aliphatic heterocycles. The Morgan fingerprint density at radius 1 is 1.20 bits per heavy atom. The maximum Gasteiger partial charge on any atom is 0.472 e. The van der Waals surface area contributed by atoms with Gasteiger partial charge in [-0.25, -0.2) is 4.57 Å². The number of phosphoric acid groups is 1. The highest BCUT2D eigenvalue weighted by Crippen LogP contribution is 2.60. The largest absolute Gasteiger partial charge is 0.472 e. The predicted octanol–water partition coefficient (Wildman–Crippen LogP) is 2.22. The fourth-order valence-electron chi connectivity index (χ4n) is 5.35. The molecule has 4 aliphatic rings. The Hall–Kier alpha value is -0.460. The van der Waals surface area contributed by atoms with Crippen molar-refractivity contribution < 1.29 is 28.4 Å². The van der Waals surface area contributed by atoms with Crippen molar-refractivity contribution in [1.29, 1.82) is 0 Å². The molecule has 25 heavy (non-hydrogen) atoms. The van der Waals surface area contributed by atoms with E-state index in [2.05, 4.69) is 5.32 Å². The first kappa shape index (κ1) is 19.3. The molecule has 0 saturated heterocycles. The van der Waals surface area contributed by atoms with Gasteiger partial charge in [0.1, 0.15) is 0 Å². The summed E-state index contributed by atoms with van der Waals surface area (Å²) < 4.78 is 21.5. The summed E-state index contributed by atoms with van der Waals surface area (Å²) in [7, 11) is -4.18. The second-order valence-corrected chi connectivity index (χ2v) is 9.88. The van der Waals surface area contributed by atoms with E-state index in [1.165, 1.54) is 19.3 Å². The zero-order valence-electron chi connectivity index (χ0n) is 15.0. The fourth-order valence-corrected chi connectivity index (χ4v) is 6.31. The third kappa shape index (κ3) is 4.45. The molecule has 2 unspecified atom stereocenters. The number of carbonyl (C=O) groups is 1. The van der Waals surface area contributed by atoms with Crippen LogP contribution in [-0.2, 0) is 18.4 Å². The standard InChI is InChI=1S/C17H30NO6P/c1-11(2)24-25(21,22)23-10-15(9-19)18-16(20)17-6-12-3-13(7-17)5-14(4-12)8-17/h11-15,19H,3-10H2,1-2H3,(H,18,20)(H,21,22)/t12-,13?,14?,15?,17-. The molecule has 4 rings (SSSR count). The maximum absolute atomic E-state index is 12.9. The van der Waals surface area contributed by atoms with Crippen molar-refractivity contribution >= 4 is 13.7 Å². The molecule has 1 amide bonds. The van der Waals surface area contributed by atoms with Crippen LogP contribution in [0.25, 0.3) is 0 Å². The van der Waals surface area contributed by atoms with Crippen LogP contribution in [0.4, 0.5) is 0 Å². The van der Waals surface area contributed by atoms with Crippen LogP contribution in [0.15, 0.2) is 0 Å². The highest BCUT2D eigenvalue weighted by molar-refractivity contribution is 7.47. The Labute approximate surface area is 149 Å². The van der Waals surface area contributed by atoms with Gasteiger partial charge >= 0.3 is 7.82 Å². The van der Waals surface area contributed by atoms with Gasteiger partial charge in [0, 0.05) is 5.41 Å². The zero-order chi connectivity index (χ0) is 18.2. The van der Waals surface area contributed by atoms with Crippen LogP contribution >= 0.6 is 7.82 Å². The van der Waals surface area contributed by atoms with Crippen molar-refractivity contribution in [2.24, 2.45) is 23.2 Å². The molecule has 2 atom stereocenters. The average Bonchev–Trinajstić information content (AvgIpc) is 2.48. The van der Waals surface area contributed by atoms with Crippen molar-refractivity contribution in [1.82, 2.24) is 5.32 Å². The molecule has 0 heterocycles. The first-order chi connectivity index (χ1) is 11.7. The Balaban J connectivity index is 1.57. The third-order valence-corrected chi connectivity index (χ3v) is 7.02. The Morgan fingerprint density at radius 3 is 2.16 bits per heavy atom. The van der Waals surface area contributed by atoms with Gasteiger partial charge in [-0.2, -0.15) is 0 Å². The monoisotopic (exact) mass is 375 g/mol. The Bertz CT molecular complexity index is 516. The van der Waals surface area contributed by atoms with Gasteiger partial charge in [0.05, 0.1) is 25.4 Å². The van der Waals surface area contributed by atoms with E-state index in [1.807, 2.05) is 0 Å². The lowest BCUT2D eigenvalue weighted by Gasteiger charge is -2.55. The van der Waals surface area contributed by atoms with Gasteiger partial charge in [-0.3, -0.25) is 13.8 Å². The van der Waals surface area contributed by atoms with Gasteiger partial charge < -0.3 is 15.3 Å². The van der Waals surface area contributed by atoms with Crippen molar-refractivity contribution in [2.75, 3.05) is 13.2 Å². The highest BCUT2D eigenvalue weighted by Gasteiger charge is 2.54. The molecule has 4 saturated carbocycles. The van der Waals surface area contributed by atoms with E-state index >= 15 is 0 Å². The smallest absolute Gasteiger partial charge is 0.394 e. The van der Waals surface area contributed by atoms with Gasteiger partial charge in [-0.05, 0) is 70.1 Å². The summed E-state index contributed by atoms with van der Waals surface area (Å²) in [5, 5.41) is 12.4. The number of phosphoric ester groups is 1. The van der Waals surface area contributed by atoms with Crippen LogP contribution in [0.3, 0.4) is 0 Å². The quantitative estimate of drug-likeness (QED) is 0.562. The molecule has 4 fully saturated rings. The fraction of sp³-hybridized carbons (Fsp3) is 0.941. The molecule has 0 aromatic rings. The molecule has 0 spiro atoms. The van der Waals surface area contributed by atoms with Crippen molar-refractivity contribution in [3.05, 3.63) is 0 Å². The number of hydrogen-bond acceptors (Lipinski definition) is 5. The average molecular weight is 375 g/mol. The van der Waals surface area contributed by atoms with E-state index in [0.29, 0.717) is 17.8 Å². The molecule has 4 bridgehead atoms. The Kier molecular flexibility index (Phi) is 5.62. The van der Waals surface area contributed by atoms with E-state index in [4.69, 9.17) is 9.05 Å². The summed E-state index contributed by atoms with van der Waals surface area (Å²) in [4.78, 5) is 22.5. The molecule has 144 valence electrons. The van der Waals surface area contributed by atoms with E-state index < -0.39 is 20.0 Å². The minimum atomic E-state index is -4.18. The summed E-state index contributed by atoms with van der Waals surface area (Å²) in [5.41, 5.74) is -0.320. The minimum Gasteiger partial charge on any atom is -0.394 e.